The number of rotatable bonds is 2. The second-order valence-electron chi connectivity index (χ2n) is 4.69. The molecule has 0 bridgehead atoms. The van der Waals surface area contributed by atoms with Crippen LogP contribution in [0.3, 0.4) is 0 Å². The molecule has 1 saturated heterocycles. The van der Waals surface area contributed by atoms with E-state index < -0.39 is 17.6 Å². The smallest absolute Gasteiger partial charge is 0.398 e. The van der Waals surface area contributed by atoms with Crippen LogP contribution < -0.4 is 11.1 Å². The molecule has 110 valence electrons. The van der Waals surface area contributed by atoms with Gasteiger partial charge in [0.15, 0.2) is 0 Å². The van der Waals surface area contributed by atoms with Gasteiger partial charge in [-0.1, -0.05) is 0 Å². The van der Waals surface area contributed by atoms with Gasteiger partial charge >= 0.3 is 6.18 Å². The van der Waals surface area contributed by atoms with Gasteiger partial charge < -0.3 is 11.1 Å². The van der Waals surface area contributed by atoms with Gasteiger partial charge in [-0.15, -0.1) is 0 Å². The third-order valence-electron chi connectivity index (χ3n) is 3.12. The van der Waals surface area contributed by atoms with Crippen molar-refractivity contribution in [2.75, 3.05) is 17.2 Å². The number of benzene rings is 1. The van der Waals surface area contributed by atoms with Crippen molar-refractivity contribution in [2.24, 2.45) is 0 Å². The van der Waals surface area contributed by atoms with E-state index in [2.05, 4.69) is 5.32 Å². The number of carbonyl (C=O) groups excluding carboxylic acids is 1. The molecule has 1 aliphatic rings. The van der Waals surface area contributed by atoms with E-state index in [0.29, 0.717) is 0 Å². The largest absolute Gasteiger partial charge is 0.416 e. The van der Waals surface area contributed by atoms with Crippen molar-refractivity contribution in [3.63, 3.8) is 0 Å². The van der Waals surface area contributed by atoms with Crippen LogP contribution in [-0.4, -0.2) is 23.5 Å². The molecule has 0 saturated carbocycles. The predicted molar refractivity (Wildman–Crippen MR) is 73.7 cm³/mol. The summed E-state index contributed by atoms with van der Waals surface area (Å²) in [7, 11) is 0. The molecule has 3 nitrogen and oxygen atoms in total. The van der Waals surface area contributed by atoms with Crippen LogP contribution >= 0.6 is 11.8 Å². The molecule has 20 heavy (non-hydrogen) atoms. The Morgan fingerprint density at radius 1 is 1.40 bits per heavy atom. The van der Waals surface area contributed by atoms with Crippen molar-refractivity contribution in [3.05, 3.63) is 29.3 Å². The summed E-state index contributed by atoms with van der Waals surface area (Å²) in [6.07, 6.45) is -2.64. The molecule has 2 rings (SSSR count). The Kier molecular flexibility index (Phi) is 4.47. The van der Waals surface area contributed by atoms with Crippen LogP contribution in [0, 0.1) is 0 Å². The molecule has 7 heteroatoms. The zero-order chi connectivity index (χ0) is 14.8. The van der Waals surface area contributed by atoms with E-state index in [1.807, 2.05) is 0 Å². The molecule has 1 unspecified atom stereocenters. The van der Waals surface area contributed by atoms with Gasteiger partial charge in [-0.25, -0.2) is 0 Å². The Labute approximate surface area is 119 Å². The predicted octanol–water partition coefficient (Wildman–Crippen LogP) is 2.91. The Hall–Kier alpha value is -1.37. The summed E-state index contributed by atoms with van der Waals surface area (Å²) in [5.74, 6) is 1.30. The highest BCUT2D eigenvalue weighted by Gasteiger charge is 2.31. The lowest BCUT2D eigenvalue weighted by atomic mass is 10.1. The SMILES string of the molecule is Nc1ccc(C(F)(F)F)cc1C(=O)NC1CCCSC1. The van der Waals surface area contributed by atoms with E-state index in [1.54, 1.807) is 11.8 Å². The first-order chi connectivity index (χ1) is 9.38. The van der Waals surface area contributed by atoms with Gasteiger partial charge in [0.1, 0.15) is 0 Å². The van der Waals surface area contributed by atoms with Crippen LogP contribution in [0.1, 0.15) is 28.8 Å². The molecule has 0 radical (unpaired) electrons. The molecule has 1 aromatic carbocycles. The van der Waals surface area contributed by atoms with Gasteiger partial charge in [-0.2, -0.15) is 24.9 Å². The standard InChI is InChI=1S/C13H15F3N2OS/c14-13(15,16)8-3-4-11(17)10(6-8)12(19)18-9-2-1-5-20-7-9/h3-4,6,9H,1-2,5,7,17H2,(H,18,19). The van der Waals surface area contributed by atoms with E-state index in [0.717, 1.165) is 42.5 Å². The Bertz CT molecular complexity index is 499. The Morgan fingerprint density at radius 3 is 2.75 bits per heavy atom. The monoisotopic (exact) mass is 304 g/mol. The van der Waals surface area contributed by atoms with Crippen LogP contribution in [0.15, 0.2) is 18.2 Å². The third kappa shape index (κ3) is 3.59. The quantitative estimate of drug-likeness (QED) is 0.826. The summed E-state index contributed by atoms with van der Waals surface area (Å²) in [4.78, 5) is 12.0. The number of nitrogen functional groups attached to an aromatic ring is 1. The molecule has 1 atom stereocenters. The zero-order valence-corrected chi connectivity index (χ0v) is 11.5. The van der Waals surface area contributed by atoms with Crippen LogP contribution in [0.5, 0.6) is 0 Å². The van der Waals surface area contributed by atoms with Gasteiger partial charge in [-0.3, -0.25) is 4.79 Å². The average molecular weight is 304 g/mol. The van der Waals surface area contributed by atoms with E-state index in [9.17, 15) is 18.0 Å². The maximum Gasteiger partial charge on any atom is 0.416 e. The molecular weight excluding hydrogens is 289 g/mol. The minimum Gasteiger partial charge on any atom is -0.398 e. The summed E-state index contributed by atoms with van der Waals surface area (Å²) in [5, 5.41) is 2.75. The minimum absolute atomic E-state index is 0.00445. The summed E-state index contributed by atoms with van der Waals surface area (Å²) in [6, 6.07) is 2.80. The van der Waals surface area contributed by atoms with Crippen molar-refractivity contribution in [3.8, 4) is 0 Å². The number of hydrogen-bond acceptors (Lipinski definition) is 3. The fourth-order valence-corrected chi connectivity index (χ4v) is 3.12. The number of anilines is 1. The number of alkyl halides is 3. The molecule has 0 aromatic heterocycles. The first kappa shape index (κ1) is 15.0. The first-order valence-electron chi connectivity index (χ1n) is 6.23. The molecule has 1 aromatic rings. The lowest BCUT2D eigenvalue weighted by molar-refractivity contribution is -0.137. The highest BCUT2D eigenvalue weighted by Crippen LogP contribution is 2.31. The van der Waals surface area contributed by atoms with Crippen molar-refractivity contribution in [2.45, 2.75) is 25.1 Å². The maximum absolute atomic E-state index is 12.6. The summed E-state index contributed by atoms with van der Waals surface area (Å²) in [6.45, 7) is 0. The van der Waals surface area contributed by atoms with Gasteiger partial charge in [0.05, 0.1) is 11.1 Å². The fraction of sp³-hybridized carbons (Fsp3) is 0.462. The second kappa shape index (κ2) is 5.95. The number of halogens is 3. The van der Waals surface area contributed by atoms with E-state index in [1.165, 1.54) is 0 Å². The lowest BCUT2D eigenvalue weighted by Gasteiger charge is -2.23. The van der Waals surface area contributed by atoms with E-state index in [4.69, 9.17) is 5.73 Å². The van der Waals surface area contributed by atoms with Crippen molar-refractivity contribution >= 4 is 23.4 Å². The van der Waals surface area contributed by atoms with Crippen LogP contribution in [0.2, 0.25) is 0 Å². The molecular formula is C13H15F3N2OS. The van der Waals surface area contributed by atoms with Gasteiger partial charge in [0, 0.05) is 17.5 Å². The molecule has 1 amide bonds. The molecule has 0 spiro atoms. The number of thioether (sulfide) groups is 1. The molecule has 3 N–H and O–H groups in total. The number of amides is 1. The second-order valence-corrected chi connectivity index (χ2v) is 5.84. The van der Waals surface area contributed by atoms with E-state index >= 15 is 0 Å². The summed E-state index contributed by atoms with van der Waals surface area (Å²) < 4.78 is 37.9. The van der Waals surface area contributed by atoms with Gasteiger partial charge in [-0.05, 0) is 36.8 Å². The molecule has 1 fully saturated rings. The normalized spacial score (nSPS) is 19.6. The van der Waals surface area contributed by atoms with Crippen LogP contribution in [0.4, 0.5) is 18.9 Å². The molecule has 1 aliphatic heterocycles. The topological polar surface area (TPSA) is 55.1 Å². The van der Waals surface area contributed by atoms with Gasteiger partial charge in [0.25, 0.3) is 5.91 Å². The zero-order valence-electron chi connectivity index (χ0n) is 10.7. The molecule has 0 aliphatic carbocycles. The summed E-state index contributed by atoms with van der Waals surface area (Å²) in [5.41, 5.74) is 4.68. The Morgan fingerprint density at radius 2 is 2.15 bits per heavy atom. The van der Waals surface area contributed by atoms with Crippen molar-refractivity contribution < 1.29 is 18.0 Å². The molecule has 1 heterocycles. The number of nitrogens with one attached hydrogen (secondary N) is 1. The van der Waals surface area contributed by atoms with Crippen LogP contribution in [-0.2, 0) is 6.18 Å². The fourth-order valence-electron chi connectivity index (χ4n) is 2.05. The third-order valence-corrected chi connectivity index (χ3v) is 4.34. The van der Waals surface area contributed by atoms with Crippen molar-refractivity contribution in [1.29, 1.82) is 0 Å². The lowest BCUT2D eigenvalue weighted by Crippen LogP contribution is -2.38. The number of carbonyl (C=O) groups is 1. The van der Waals surface area contributed by atoms with Crippen molar-refractivity contribution in [1.82, 2.24) is 5.32 Å². The number of nitrogens with two attached hydrogens (primary N) is 1. The Balaban J connectivity index is 2.16. The maximum atomic E-state index is 12.6. The first-order valence-corrected chi connectivity index (χ1v) is 7.39. The van der Waals surface area contributed by atoms with E-state index in [-0.39, 0.29) is 17.3 Å². The minimum atomic E-state index is -4.48. The van der Waals surface area contributed by atoms with Gasteiger partial charge in [0.2, 0.25) is 0 Å². The number of hydrogen-bond donors (Lipinski definition) is 2. The summed E-state index contributed by atoms with van der Waals surface area (Å²) >= 11 is 1.73. The average Bonchev–Trinajstić information content (AvgIpc) is 2.39. The highest BCUT2D eigenvalue weighted by molar-refractivity contribution is 7.99. The highest BCUT2D eigenvalue weighted by atomic mass is 32.2. The van der Waals surface area contributed by atoms with Crippen LogP contribution in [0.25, 0.3) is 0 Å².